The number of alkyl halides is 1. The highest BCUT2D eigenvalue weighted by Gasteiger charge is 2.05. The number of halogens is 1. The van der Waals surface area contributed by atoms with Crippen molar-refractivity contribution in [3.8, 4) is 0 Å². The van der Waals surface area contributed by atoms with Crippen molar-refractivity contribution in [1.29, 1.82) is 0 Å². The third-order valence-corrected chi connectivity index (χ3v) is 2.73. The maximum absolute atomic E-state index is 6.07. The molecule has 0 N–H and O–H groups in total. The lowest BCUT2D eigenvalue weighted by molar-refractivity contribution is 0.788. The molecule has 0 amide bonds. The SMILES string of the molecule is CCC(Cl)Cc1ccc2nccnc2n1. The Bertz CT molecular complexity index is 458. The predicted octanol–water partition coefficient (Wildman–Crippen LogP) is 2.58. The van der Waals surface area contributed by atoms with Gasteiger partial charge in [0.25, 0.3) is 0 Å². The number of hydrogen-bond acceptors (Lipinski definition) is 3. The first-order valence-electron chi connectivity index (χ1n) is 5.00. The summed E-state index contributed by atoms with van der Waals surface area (Å²) in [5.41, 5.74) is 2.49. The summed E-state index contributed by atoms with van der Waals surface area (Å²) >= 11 is 6.07. The quantitative estimate of drug-likeness (QED) is 0.748. The van der Waals surface area contributed by atoms with E-state index in [-0.39, 0.29) is 5.38 Å². The first-order chi connectivity index (χ1) is 7.29. The van der Waals surface area contributed by atoms with Crippen molar-refractivity contribution >= 4 is 22.8 Å². The molecule has 0 aromatic carbocycles. The van der Waals surface area contributed by atoms with Gasteiger partial charge in [0.15, 0.2) is 5.65 Å². The van der Waals surface area contributed by atoms with E-state index in [4.69, 9.17) is 11.6 Å². The first-order valence-corrected chi connectivity index (χ1v) is 5.44. The summed E-state index contributed by atoms with van der Waals surface area (Å²) in [4.78, 5) is 12.7. The standard InChI is InChI=1S/C11H12ClN3/c1-2-8(12)7-9-3-4-10-11(15-9)14-6-5-13-10/h3-6,8H,2,7H2,1H3. The molecule has 78 valence electrons. The van der Waals surface area contributed by atoms with E-state index in [1.54, 1.807) is 12.4 Å². The van der Waals surface area contributed by atoms with Crippen LogP contribution < -0.4 is 0 Å². The van der Waals surface area contributed by atoms with Gasteiger partial charge in [0.2, 0.25) is 0 Å². The minimum atomic E-state index is 0.145. The van der Waals surface area contributed by atoms with Crippen molar-refractivity contribution in [3.63, 3.8) is 0 Å². The van der Waals surface area contributed by atoms with Crippen LogP contribution >= 0.6 is 11.6 Å². The Kier molecular flexibility index (Phi) is 3.11. The summed E-state index contributed by atoms with van der Waals surface area (Å²) in [5, 5.41) is 0.145. The van der Waals surface area contributed by atoms with E-state index in [0.29, 0.717) is 5.65 Å². The second-order valence-electron chi connectivity index (χ2n) is 3.41. The third kappa shape index (κ3) is 2.42. The first kappa shape index (κ1) is 10.3. The summed E-state index contributed by atoms with van der Waals surface area (Å²) in [7, 11) is 0. The molecule has 0 aliphatic heterocycles. The summed E-state index contributed by atoms with van der Waals surface area (Å²) in [6.07, 6.45) is 5.05. The van der Waals surface area contributed by atoms with Gasteiger partial charge in [-0.3, -0.25) is 4.98 Å². The molecule has 0 aliphatic carbocycles. The number of aromatic nitrogens is 3. The van der Waals surface area contributed by atoms with E-state index in [1.807, 2.05) is 12.1 Å². The second-order valence-corrected chi connectivity index (χ2v) is 4.03. The Balaban J connectivity index is 2.30. The van der Waals surface area contributed by atoms with Crippen LogP contribution in [-0.4, -0.2) is 20.3 Å². The highest BCUT2D eigenvalue weighted by Crippen LogP contribution is 2.12. The molecule has 2 aromatic heterocycles. The van der Waals surface area contributed by atoms with Gasteiger partial charge in [-0.25, -0.2) is 9.97 Å². The Labute approximate surface area is 93.5 Å². The Morgan fingerprint density at radius 2 is 2.07 bits per heavy atom. The molecule has 3 nitrogen and oxygen atoms in total. The van der Waals surface area contributed by atoms with Crippen LogP contribution in [0.5, 0.6) is 0 Å². The fraction of sp³-hybridized carbons (Fsp3) is 0.364. The van der Waals surface area contributed by atoms with Crippen LogP contribution in [0.3, 0.4) is 0 Å². The molecule has 0 saturated carbocycles. The lowest BCUT2D eigenvalue weighted by atomic mass is 10.2. The summed E-state index contributed by atoms with van der Waals surface area (Å²) in [6, 6.07) is 3.89. The average Bonchev–Trinajstić information content (AvgIpc) is 2.29. The van der Waals surface area contributed by atoms with Crippen LogP contribution in [0.2, 0.25) is 0 Å². The fourth-order valence-electron chi connectivity index (χ4n) is 1.38. The zero-order valence-corrected chi connectivity index (χ0v) is 9.28. The largest absolute Gasteiger partial charge is 0.251 e. The lowest BCUT2D eigenvalue weighted by Crippen LogP contribution is -2.03. The molecule has 2 rings (SSSR count). The molecule has 0 bridgehead atoms. The van der Waals surface area contributed by atoms with Gasteiger partial charge in [-0.15, -0.1) is 11.6 Å². The molecule has 0 fully saturated rings. The molecule has 2 heterocycles. The van der Waals surface area contributed by atoms with Gasteiger partial charge in [0.05, 0.1) is 0 Å². The molecule has 1 atom stereocenters. The number of pyridine rings is 1. The number of fused-ring (bicyclic) bond motifs is 1. The van der Waals surface area contributed by atoms with Crippen molar-refractivity contribution in [2.75, 3.05) is 0 Å². The van der Waals surface area contributed by atoms with Crippen LogP contribution in [0.15, 0.2) is 24.5 Å². The number of nitrogens with zero attached hydrogens (tertiary/aromatic N) is 3. The number of rotatable bonds is 3. The summed E-state index contributed by atoms with van der Waals surface area (Å²) in [6.45, 7) is 2.07. The van der Waals surface area contributed by atoms with Gasteiger partial charge < -0.3 is 0 Å². The molecule has 1 unspecified atom stereocenters. The normalized spacial score (nSPS) is 12.9. The fourth-order valence-corrected chi connectivity index (χ4v) is 1.54. The second kappa shape index (κ2) is 4.53. The minimum Gasteiger partial charge on any atom is -0.251 e. The van der Waals surface area contributed by atoms with Gasteiger partial charge in [-0.05, 0) is 18.6 Å². The highest BCUT2D eigenvalue weighted by atomic mass is 35.5. The molecule has 4 heteroatoms. The molecule has 0 radical (unpaired) electrons. The molecule has 0 spiro atoms. The van der Waals surface area contributed by atoms with Gasteiger partial charge in [-0.1, -0.05) is 6.92 Å². The number of hydrogen-bond donors (Lipinski definition) is 0. The topological polar surface area (TPSA) is 38.7 Å². The maximum Gasteiger partial charge on any atom is 0.178 e. The predicted molar refractivity (Wildman–Crippen MR) is 61.0 cm³/mol. The molecule has 2 aromatic rings. The van der Waals surface area contributed by atoms with Gasteiger partial charge in [-0.2, -0.15) is 0 Å². The Morgan fingerprint density at radius 3 is 2.87 bits per heavy atom. The Morgan fingerprint density at radius 1 is 1.27 bits per heavy atom. The molecule has 15 heavy (non-hydrogen) atoms. The summed E-state index contributed by atoms with van der Waals surface area (Å²) < 4.78 is 0. The van der Waals surface area contributed by atoms with Crippen molar-refractivity contribution in [2.45, 2.75) is 25.1 Å². The van der Waals surface area contributed by atoms with E-state index in [2.05, 4.69) is 21.9 Å². The van der Waals surface area contributed by atoms with E-state index in [0.717, 1.165) is 24.1 Å². The van der Waals surface area contributed by atoms with Gasteiger partial charge >= 0.3 is 0 Å². The average molecular weight is 222 g/mol. The van der Waals surface area contributed by atoms with E-state index >= 15 is 0 Å². The van der Waals surface area contributed by atoms with Crippen molar-refractivity contribution in [2.24, 2.45) is 0 Å². The summed E-state index contributed by atoms with van der Waals surface area (Å²) in [5.74, 6) is 0. The maximum atomic E-state index is 6.07. The molecule has 0 saturated heterocycles. The van der Waals surface area contributed by atoms with Crippen LogP contribution in [0.25, 0.3) is 11.2 Å². The van der Waals surface area contributed by atoms with Crippen molar-refractivity contribution in [3.05, 3.63) is 30.2 Å². The van der Waals surface area contributed by atoms with Crippen LogP contribution in [0, 0.1) is 0 Å². The highest BCUT2D eigenvalue weighted by molar-refractivity contribution is 6.20. The van der Waals surface area contributed by atoms with Gasteiger partial charge in [0.1, 0.15) is 5.52 Å². The van der Waals surface area contributed by atoms with E-state index in [9.17, 15) is 0 Å². The van der Waals surface area contributed by atoms with Crippen LogP contribution in [-0.2, 0) is 6.42 Å². The smallest absolute Gasteiger partial charge is 0.178 e. The lowest BCUT2D eigenvalue weighted by Gasteiger charge is -2.05. The zero-order valence-electron chi connectivity index (χ0n) is 8.52. The Hall–Kier alpha value is -1.22. The third-order valence-electron chi connectivity index (χ3n) is 2.26. The zero-order chi connectivity index (χ0) is 10.7. The van der Waals surface area contributed by atoms with Crippen molar-refractivity contribution in [1.82, 2.24) is 15.0 Å². The van der Waals surface area contributed by atoms with Crippen LogP contribution in [0.4, 0.5) is 0 Å². The molecular weight excluding hydrogens is 210 g/mol. The molecular formula is C11H12ClN3. The van der Waals surface area contributed by atoms with Gasteiger partial charge in [0, 0.05) is 29.9 Å². The molecule has 0 aliphatic rings. The van der Waals surface area contributed by atoms with E-state index < -0.39 is 0 Å². The van der Waals surface area contributed by atoms with Crippen LogP contribution in [0.1, 0.15) is 19.0 Å². The monoisotopic (exact) mass is 221 g/mol. The van der Waals surface area contributed by atoms with E-state index in [1.165, 1.54) is 0 Å². The minimum absolute atomic E-state index is 0.145. The van der Waals surface area contributed by atoms with Crippen molar-refractivity contribution < 1.29 is 0 Å².